The van der Waals surface area contributed by atoms with E-state index in [9.17, 15) is 9.59 Å². The predicted molar refractivity (Wildman–Crippen MR) is 128 cm³/mol. The molecule has 0 unspecified atom stereocenters. The molecule has 31 heavy (non-hydrogen) atoms. The molecule has 2 aromatic rings. The van der Waals surface area contributed by atoms with Crippen LogP contribution < -0.4 is 0 Å². The van der Waals surface area contributed by atoms with Gasteiger partial charge in [0.05, 0.1) is 11.1 Å². The summed E-state index contributed by atoms with van der Waals surface area (Å²) >= 11 is 0. The van der Waals surface area contributed by atoms with E-state index >= 15 is 0 Å². The molecule has 2 N–H and O–H groups in total. The largest absolute Gasteiger partial charge is 0.478 e. The molecule has 5 heteroatoms. The maximum Gasteiger partial charge on any atom is 0.335 e. The van der Waals surface area contributed by atoms with E-state index in [0.717, 1.165) is 19.3 Å². The van der Waals surface area contributed by atoms with Gasteiger partial charge in [-0.05, 0) is 24.3 Å². The fourth-order valence-electron chi connectivity index (χ4n) is 1.16. The van der Waals surface area contributed by atoms with E-state index < -0.39 is 11.9 Å². The van der Waals surface area contributed by atoms with Crippen molar-refractivity contribution in [2.75, 3.05) is 0 Å². The molecule has 0 saturated heterocycles. The minimum atomic E-state index is -0.879. The van der Waals surface area contributed by atoms with Gasteiger partial charge in [-0.3, -0.25) is 0 Å². The van der Waals surface area contributed by atoms with Crippen LogP contribution >= 0.6 is 0 Å². The quantitative estimate of drug-likeness (QED) is 0.340. The van der Waals surface area contributed by atoms with Gasteiger partial charge in [0.25, 0.3) is 0 Å². The van der Waals surface area contributed by atoms with E-state index in [1.165, 1.54) is 19.3 Å². The van der Waals surface area contributed by atoms with Crippen molar-refractivity contribution in [3.63, 3.8) is 0 Å². The first-order valence-corrected chi connectivity index (χ1v) is 10.3. The average molecular weight is 481 g/mol. The summed E-state index contributed by atoms with van der Waals surface area (Å²) in [5, 5.41) is 16.8. The van der Waals surface area contributed by atoms with Crippen LogP contribution in [-0.4, -0.2) is 22.2 Å². The van der Waals surface area contributed by atoms with Crippen LogP contribution in [0.15, 0.2) is 60.7 Å². The number of hydrogen-bond acceptors (Lipinski definition) is 2. The number of carboxylic acid groups (broad SMARTS) is 2. The second kappa shape index (κ2) is 30.2. The second-order valence-electron chi connectivity index (χ2n) is 5.90. The zero-order chi connectivity index (χ0) is 23.6. The third-order valence-corrected chi connectivity index (χ3v) is 3.10. The average Bonchev–Trinajstić information content (AvgIpc) is 2.81. The summed E-state index contributed by atoms with van der Waals surface area (Å²) in [7, 11) is 0. The molecule has 0 aliphatic heterocycles. The Labute approximate surface area is 202 Å². The van der Waals surface area contributed by atoms with E-state index in [4.69, 9.17) is 10.2 Å². The summed E-state index contributed by atoms with van der Waals surface area (Å²) in [5.74, 6) is -1.76. The molecule has 0 spiro atoms. The van der Waals surface area contributed by atoms with Gasteiger partial charge in [-0.1, -0.05) is 76.4 Å². The number of benzene rings is 2. The molecule has 4 nitrogen and oxygen atoms in total. The van der Waals surface area contributed by atoms with Gasteiger partial charge in [0.1, 0.15) is 0 Å². The van der Waals surface area contributed by atoms with Crippen LogP contribution in [0.25, 0.3) is 0 Å². The predicted octanol–water partition coefficient (Wildman–Crippen LogP) is 7.63. The van der Waals surface area contributed by atoms with Crippen LogP contribution in [-0.2, 0) is 19.5 Å². The Hall–Kier alpha value is -2.00. The topological polar surface area (TPSA) is 74.6 Å². The zero-order valence-electron chi connectivity index (χ0n) is 19.6. The van der Waals surface area contributed by atoms with Gasteiger partial charge < -0.3 is 31.0 Å². The molecule has 0 atom stereocenters. The van der Waals surface area contributed by atoms with E-state index in [1.54, 1.807) is 60.7 Å². The Morgan fingerprint density at radius 2 is 0.806 bits per heavy atom. The fourth-order valence-corrected chi connectivity index (χ4v) is 1.16. The van der Waals surface area contributed by atoms with Crippen molar-refractivity contribution in [1.29, 1.82) is 0 Å². The summed E-state index contributed by atoms with van der Waals surface area (Å²) in [6, 6.07) is 16.6. The van der Waals surface area contributed by atoms with Crippen molar-refractivity contribution in [2.24, 2.45) is 0 Å². The number of rotatable bonds is 5. The van der Waals surface area contributed by atoms with Crippen LogP contribution in [0.3, 0.4) is 0 Å². The maximum atomic E-state index is 10.2. The minimum Gasteiger partial charge on any atom is -0.478 e. The normalized spacial score (nSPS) is 8.06. The summed E-state index contributed by atoms with van der Waals surface area (Å²) in [6.07, 6.45) is 6.83. The number of aromatic carboxylic acids is 2. The zero-order valence-corrected chi connectivity index (χ0v) is 22.5. The summed E-state index contributed by atoms with van der Waals surface area (Å²) in [5.41, 5.74) is 0.662. The monoisotopic (exact) mass is 479 g/mol. The standard InChI is InChI=1S/2C7H6O2.3C4H9.Zn/c2*8-7(9)6-4-2-1-3-5-6;3*1-3-4-2;/h2*1-5H,(H,8,9);3*1,3-4H2,2H3;/q;;3*-1;. The molecule has 0 aliphatic rings. The van der Waals surface area contributed by atoms with E-state index in [-0.39, 0.29) is 19.5 Å². The van der Waals surface area contributed by atoms with Gasteiger partial charge >= 0.3 is 11.9 Å². The maximum absolute atomic E-state index is 10.2. The minimum absolute atomic E-state index is 0. The van der Waals surface area contributed by atoms with E-state index in [2.05, 4.69) is 41.5 Å². The smallest absolute Gasteiger partial charge is 0.335 e. The Kier molecular flexibility index (Phi) is 35.4. The molecule has 2 aromatic carbocycles. The van der Waals surface area contributed by atoms with Crippen molar-refractivity contribution < 1.29 is 39.3 Å². The Morgan fingerprint density at radius 1 is 0.613 bits per heavy atom. The van der Waals surface area contributed by atoms with Crippen molar-refractivity contribution in [1.82, 2.24) is 0 Å². The van der Waals surface area contributed by atoms with Gasteiger partial charge in [0.15, 0.2) is 0 Å². The molecule has 0 aromatic heterocycles. The molecule has 0 fully saturated rings. The van der Waals surface area contributed by atoms with Gasteiger partial charge in [-0.2, -0.15) is 19.3 Å². The van der Waals surface area contributed by atoms with Crippen LogP contribution in [0.2, 0.25) is 0 Å². The third kappa shape index (κ3) is 30.3. The van der Waals surface area contributed by atoms with E-state index in [0.29, 0.717) is 11.1 Å². The van der Waals surface area contributed by atoms with Crippen molar-refractivity contribution >= 4 is 11.9 Å². The number of carboxylic acids is 2. The first kappa shape index (κ1) is 36.4. The van der Waals surface area contributed by atoms with Crippen LogP contribution in [0.1, 0.15) is 80.0 Å². The molecule has 0 saturated carbocycles. The third-order valence-electron chi connectivity index (χ3n) is 3.10. The van der Waals surface area contributed by atoms with Crippen LogP contribution in [0, 0.1) is 20.8 Å². The number of hydrogen-bond donors (Lipinski definition) is 2. The van der Waals surface area contributed by atoms with Gasteiger partial charge in [0, 0.05) is 19.5 Å². The van der Waals surface area contributed by atoms with Crippen molar-refractivity contribution in [2.45, 2.75) is 59.3 Å². The van der Waals surface area contributed by atoms with E-state index in [1.807, 2.05) is 0 Å². The first-order valence-electron chi connectivity index (χ1n) is 10.3. The number of carbonyl (C=O) groups is 2. The second-order valence-corrected chi connectivity index (χ2v) is 5.90. The van der Waals surface area contributed by atoms with Crippen LogP contribution in [0.5, 0.6) is 0 Å². The molecule has 2 rings (SSSR count). The Morgan fingerprint density at radius 3 is 0.903 bits per heavy atom. The molecule has 0 bridgehead atoms. The summed E-state index contributed by atoms with van der Waals surface area (Å²) in [6.45, 7) is 17.2. The molecular formula is C26H39O4Zn-3. The Bertz CT molecular complexity index is 536. The first-order chi connectivity index (χ1) is 14.4. The fraction of sp³-hybridized carbons (Fsp3) is 0.346. The SMILES string of the molecule is O=C(O)c1ccccc1.O=C(O)c1ccccc1.[CH2-]CCC.[CH2-]CCC.[CH2-]CCC.[Zn]. The summed E-state index contributed by atoms with van der Waals surface area (Å²) < 4.78 is 0. The van der Waals surface area contributed by atoms with Gasteiger partial charge in [0.2, 0.25) is 0 Å². The number of unbranched alkanes of at least 4 members (excludes halogenated alkanes) is 3. The van der Waals surface area contributed by atoms with Crippen LogP contribution in [0.4, 0.5) is 0 Å². The molecule has 0 heterocycles. The molecule has 172 valence electrons. The Balaban J connectivity index is -0.000000155. The van der Waals surface area contributed by atoms with Gasteiger partial charge in [-0.15, -0.1) is 0 Å². The van der Waals surface area contributed by atoms with Crippen molar-refractivity contribution in [3.8, 4) is 0 Å². The molecule has 0 radical (unpaired) electrons. The van der Waals surface area contributed by atoms with Gasteiger partial charge in [-0.25, -0.2) is 9.59 Å². The summed E-state index contributed by atoms with van der Waals surface area (Å²) in [4.78, 5) is 20.4. The molecular weight excluding hydrogens is 442 g/mol. The molecule has 0 amide bonds. The van der Waals surface area contributed by atoms with Crippen molar-refractivity contribution in [3.05, 3.63) is 92.6 Å². The molecule has 0 aliphatic carbocycles.